The van der Waals surface area contributed by atoms with Crippen LogP contribution < -0.4 is 5.32 Å². The third-order valence-electron chi connectivity index (χ3n) is 5.29. The molecule has 2 atom stereocenters. The number of rotatable bonds is 6. The lowest BCUT2D eigenvalue weighted by Crippen LogP contribution is -2.54. The van der Waals surface area contributed by atoms with Gasteiger partial charge in [0.15, 0.2) is 0 Å². The highest BCUT2D eigenvalue weighted by atomic mass is 35.5. The summed E-state index contributed by atoms with van der Waals surface area (Å²) in [5.41, 5.74) is 1.22. The SMILES string of the molecule is CC(C1CC1)N(Cc1ccccc1)C(=O)CN1CCNC[C@@H]1C.Cl. The Labute approximate surface area is 152 Å². The van der Waals surface area contributed by atoms with Gasteiger partial charge < -0.3 is 10.2 Å². The van der Waals surface area contributed by atoms with Crippen LogP contribution in [0.2, 0.25) is 0 Å². The van der Waals surface area contributed by atoms with E-state index in [4.69, 9.17) is 0 Å². The van der Waals surface area contributed by atoms with Crippen LogP contribution >= 0.6 is 12.4 Å². The van der Waals surface area contributed by atoms with Gasteiger partial charge in [-0.05, 0) is 38.2 Å². The van der Waals surface area contributed by atoms with Crippen LogP contribution in [0.15, 0.2) is 30.3 Å². The molecule has 0 radical (unpaired) electrons. The van der Waals surface area contributed by atoms with Gasteiger partial charge >= 0.3 is 0 Å². The molecule has 3 rings (SSSR count). The molecule has 2 fully saturated rings. The number of carbonyl (C=O) groups excluding carboxylic acids is 1. The minimum atomic E-state index is 0. The van der Waals surface area contributed by atoms with Gasteiger partial charge in [-0.2, -0.15) is 0 Å². The van der Waals surface area contributed by atoms with E-state index in [2.05, 4.69) is 53.2 Å². The number of benzene rings is 1. The molecular formula is C19H30ClN3O. The first-order valence-electron chi connectivity index (χ1n) is 8.93. The Morgan fingerprint density at radius 1 is 1.33 bits per heavy atom. The molecule has 1 aliphatic carbocycles. The summed E-state index contributed by atoms with van der Waals surface area (Å²) in [6.07, 6.45) is 2.54. The Morgan fingerprint density at radius 3 is 2.67 bits per heavy atom. The second-order valence-corrected chi connectivity index (χ2v) is 7.11. The first-order valence-corrected chi connectivity index (χ1v) is 8.93. The lowest BCUT2D eigenvalue weighted by atomic mass is 10.1. The standard InChI is InChI=1S/C19H29N3O.ClH/c1-15-12-20-10-11-21(15)14-19(23)22(16(2)18-8-9-18)13-17-6-4-3-5-7-17;/h3-7,15-16,18,20H,8-14H2,1-2H3;1H/t15-,16?;/m0./s1. The Kier molecular flexibility index (Phi) is 7.08. The number of halogens is 1. The quantitative estimate of drug-likeness (QED) is 0.855. The molecule has 0 aromatic heterocycles. The van der Waals surface area contributed by atoms with E-state index in [1.165, 1.54) is 18.4 Å². The van der Waals surface area contributed by atoms with Crippen LogP contribution in [-0.2, 0) is 11.3 Å². The van der Waals surface area contributed by atoms with Gasteiger partial charge in [0.25, 0.3) is 0 Å². The van der Waals surface area contributed by atoms with Crippen molar-refractivity contribution in [2.75, 3.05) is 26.2 Å². The molecule has 1 aromatic carbocycles. The zero-order chi connectivity index (χ0) is 16.2. The summed E-state index contributed by atoms with van der Waals surface area (Å²) in [5, 5.41) is 3.39. The van der Waals surface area contributed by atoms with Crippen molar-refractivity contribution < 1.29 is 4.79 Å². The molecule has 1 unspecified atom stereocenters. The van der Waals surface area contributed by atoms with E-state index >= 15 is 0 Å². The topological polar surface area (TPSA) is 35.6 Å². The molecule has 0 spiro atoms. The van der Waals surface area contributed by atoms with Crippen molar-refractivity contribution in [2.45, 2.75) is 45.3 Å². The average Bonchev–Trinajstić information content (AvgIpc) is 3.40. The van der Waals surface area contributed by atoms with Crippen LogP contribution in [0.5, 0.6) is 0 Å². The molecule has 2 aliphatic rings. The molecule has 1 N–H and O–H groups in total. The van der Waals surface area contributed by atoms with Gasteiger partial charge in [0.1, 0.15) is 0 Å². The second kappa shape index (κ2) is 8.84. The predicted molar refractivity (Wildman–Crippen MR) is 100 cm³/mol. The van der Waals surface area contributed by atoms with Crippen molar-refractivity contribution in [1.82, 2.24) is 15.1 Å². The fraction of sp³-hybridized carbons (Fsp3) is 0.632. The summed E-state index contributed by atoms with van der Waals surface area (Å²) in [4.78, 5) is 17.4. The molecule has 4 nitrogen and oxygen atoms in total. The van der Waals surface area contributed by atoms with Crippen LogP contribution in [0.25, 0.3) is 0 Å². The minimum Gasteiger partial charge on any atom is -0.334 e. The van der Waals surface area contributed by atoms with Gasteiger partial charge in [0.05, 0.1) is 6.54 Å². The van der Waals surface area contributed by atoms with Gasteiger partial charge in [-0.3, -0.25) is 9.69 Å². The molecule has 1 heterocycles. The highest BCUT2D eigenvalue weighted by Gasteiger charge is 2.35. The first-order chi connectivity index (χ1) is 11.1. The predicted octanol–water partition coefficient (Wildman–Crippen LogP) is 2.53. The number of amides is 1. The minimum absolute atomic E-state index is 0. The summed E-state index contributed by atoms with van der Waals surface area (Å²) < 4.78 is 0. The van der Waals surface area contributed by atoms with Crippen LogP contribution in [0, 0.1) is 5.92 Å². The van der Waals surface area contributed by atoms with Crippen LogP contribution in [0.4, 0.5) is 0 Å². The summed E-state index contributed by atoms with van der Waals surface area (Å²) >= 11 is 0. The molecule has 24 heavy (non-hydrogen) atoms. The normalized spacial score (nSPS) is 22.5. The van der Waals surface area contributed by atoms with E-state index in [0.717, 1.165) is 26.2 Å². The van der Waals surface area contributed by atoms with E-state index in [0.29, 0.717) is 24.5 Å². The van der Waals surface area contributed by atoms with E-state index < -0.39 is 0 Å². The van der Waals surface area contributed by atoms with Gasteiger partial charge in [-0.25, -0.2) is 0 Å². The lowest BCUT2D eigenvalue weighted by molar-refractivity contribution is -0.136. The molecule has 5 heteroatoms. The van der Waals surface area contributed by atoms with Crippen LogP contribution in [0.1, 0.15) is 32.3 Å². The van der Waals surface area contributed by atoms with Crippen molar-refractivity contribution in [1.29, 1.82) is 0 Å². The number of hydrogen-bond donors (Lipinski definition) is 1. The maximum Gasteiger partial charge on any atom is 0.237 e. The molecule has 1 saturated carbocycles. The van der Waals surface area contributed by atoms with Gasteiger partial charge in [-0.15, -0.1) is 12.4 Å². The fourth-order valence-corrected chi connectivity index (χ4v) is 3.46. The molecule has 0 bridgehead atoms. The number of nitrogens with zero attached hydrogens (tertiary/aromatic N) is 2. The number of carbonyl (C=O) groups is 1. The molecule has 1 saturated heterocycles. The first kappa shape index (κ1) is 19.2. The summed E-state index contributed by atoms with van der Waals surface area (Å²) in [5.74, 6) is 0.977. The average molecular weight is 352 g/mol. The Morgan fingerprint density at radius 2 is 2.04 bits per heavy atom. The summed E-state index contributed by atoms with van der Waals surface area (Å²) in [7, 11) is 0. The van der Waals surface area contributed by atoms with Crippen LogP contribution in [0.3, 0.4) is 0 Å². The van der Waals surface area contributed by atoms with Crippen molar-refractivity contribution in [2.24, 2.45) is 5.92 Å². The smallest absolute Gasteiger partial charge is 0.237 e. The van der Waals surface area contributed by atoms with Crippen LogP contribution in [-0.4, -0.2) is 54.0 Å². The molecule has 1 amide bonds. The van der Waals surface area contributed by atoms with Gasteiger partial charge in [-0.1, -0.05) is 30.3 Å². The highest BCUT2D eigenvalue weighted by molar-refractivity contribution is 5.85. The van der Waals surface area contributed by atoms with E-state index in [9.17, 15) is 4.79 Å². The van der Waals surface area contributed by atoms with E-state index in [1.807, 2.05) is 6.07 Å². The third-order valence-corrected chi connectivity index (χ3v) is 5.29. The number of piperazine rings is 1. The van der Waals surface area contributed by atoms with E-state index in [1.54, 1.807) is 0 Å². The maximum absolute atomic E-state index is 13.0. The largest absolute Gasteiger partial charge is 0.334 e. The molecular weight excluding hydrogens is 322 g/mol. The number of hydrogen-bond acceptors (Lipinski definition) is 3. The Bertz CT molecular complexity index is 521. The third kappa shape index (κ3) is 4.95. The second-order valence-electron chi connectivity index (χ2n) is 7.11. The van der Waals surface area contributed by atoms with E-state index in [-0.39, 0.29) is 18.3 Å². The van der Waals surface area contributed by atoms with Gasteiger partial charge in [0.2, 0.25) is 5.91 Å². The maximum atomic E-state index is 13.0. The monoisotopic (exact) mass is 351 g/mol. The molecule has 134 valence electrons. The Hall–Kier alpha value is -1.10. The van der Waals surface area contributed by atoms with Crippen molar-refractivity contribution in [3.63, 3.8) is 0 Å². The highest BCUT2D eigenvalue weighted by Crippen LogP contribution is 2.35. The van der Waals surface area contributed by atoms with Crippen molar-refractivity contribution >= 4 is 18.3 Å². The summed E-state index contributed by atoms with van der Waals surface area (Å²) in [6, 6.07) is 11.2. The number of nitrogens with one attached hydrogen (secondary N) is 1. The Balaban J connectivity index is 0.00000208. The molecule has 1 aromatic rings. The lowest BCUT2D eigenvalue weighted by Gasteiger charge is -2.36. The summed E-state index contributed by atoms with van der Waals surface area (Å²) in [6.45, 7) is 8.62. The van der Waals surface area contributed by atoms with Crippen molar-refractivity contribution in [3.8, 4) is 0 Å². The fourth-order valence-electron chi connectivity index (χ4n) is 3.46. The zero-order valence-electron chi connectivity index (χ0n) is 14.8. The molecule has 1 aliphatic heterocycles. The van der Waals surface area contributed by atoms with Crippen molar-refractivity contribution in [3.05, 3.63) is 35.9 Å². The van der Waals surface area contributed by atoms with Gasteiger partial charge in [0, 0.05) is 38.3 Å². The zero-order valence-corrected chi connectivity index (χ0v) is 15.6.